The fraction of sp³-hybridized carbons (Fsp3) is 0.294. The van der Waals surface area contributed by atoms with Crippen molar-refractivity contribution in [2.24, 2.45) is 0 Å². The van der Waals surface area contributed by atoms with Crippen molar-refractivity contribution in [3.8, 4) is 0 Å². The number of nitrogens with one attached hydrogen (secondary N) is 1. The first-order valence-electron chi connectivity index (χ1n) is 8.13. The molecular weight excluding hydrogens is 399 g/mol. The van der Waals surface area contributed by atoms with Crippen molar-refractivity contribution < 1.29 is 42.5 Å². The summed E-state index contributed by atoms with van der Waals surface area (Å²) in [4.78, 5) is 38.8. The van der Waals surface area contributed by atoms with Gasteiger partial charge < -0.3 is 24.8 Å². The second-order valence-corrected chi connectivity index (χ2v) is 5.82. The van der Waals surface area contributed by atoms with E-state index in [1.54, 1.807) is 6.33 Å². The predicted molar refractivity (Wildman–Crippen MR) is 89.6 cm³/mol. The number of hydrogen-bond donors (Lipinski definition) is 3. The molecule has 156 valence electrons. The number of aliphatic carboxylic acids is 2. The Morgan fingerprint density at radius 1 is 1.17 bits per heavy atom. The van der Waals surface area contributed by atoms with E-state index in [1.807, 2.05) is 0 Å². The Hall–Kier alpha value is -3.57. The smallest absolute Gasteiger partial charge is 0.416 e. The number of carboxylic acids is 2. The molecule has 12 heteroatoms. The van der Waals surface area contributed by atoms with E-state index >= 15 is 0 Å². The molecule has 0 radical (unpaired) electrons. The van der Waals surface area contributed by atoms with Crippen LogP contribution in [0.5, 0.6) is 0 Å². The van der Waals surface area contributed by atoms with Crippen molar-refractivity contribution in [3.63, 3.8) is 0 Å². The van der Waals surface area contributed by atoms with Crippen LogP contribution in [0.1, 0.15) is 22.5 Å². The Labute approximate surface area is 161 Å². The van der Waals surface area contributed by atoms with Crippen molar-refractivity contribution in [1.82, 2.24) is 14.9 Å². The van der Waals surface area contributed by atoms with Gasteiger partial charge in [-0.15, -0.1) is 0 Å². The van der Waals surface area contributed by atoms with Crippen molar-refractivity contribution in [1.29, 1.82) is 0 Å². The summed E-state index contributed by atoms with van der Waals surface area (Å²) in [5.74, 6) is -3.65. The number of rotatable bonds is 2. The van der Waals surface area contributed by atoms with Gasteiger partial charge in [0.2, 0.25) is 0 Å². The fourth-order valence-corrected chi connectivity index (χ4v) is 2.52. The van der Waals surface area contributed by atoms with Gasteiger partial charge in [0.05, 0.1) is 24.1 Å². The van der Waals surface area contributed by atoms with E-state index in [0.29, 0.717) is 19.5 Å². The summed E-state index contributed by atoms with van der Waals surface area (Å²) in [5.41, 5.74) is 0.868. The molecule has 1 aromatic carbocycles. The number of benzene rings is 1. The van der Waals surface area contributed by atoms with Gasteiger partial charge in [0.1, 0.15) is 6.61 Å². The number of ether oxygens (including phenoxy) is 1. The van der Waals surface area contributed by atoms with Gasteiger partial charge in [-0.2, -0.15) is 13.2 Å². The highest BCUT2D eigenvalue weighted by molar-refractivity contribution is 6.27. The molecule has 0 saturated carbocycles. The molecule has 0 atom stereocenters. The standard InChI is InChI=1S/C15H14F3N3O2.C2H2O4/c16-15(17,18)11-4-2-1-3-10(11)8-23-14(22)21-6-5-12-13(7-21)20-9-19-12;3-1(4)2(5)6/h1-4,9H,5-8H2,(H,19,20);(H,3,4)(H,5,6). The van der Waals surface area contributed by atoms with Crippen molar-refractivity contribution in [2.45, 2.75) is 25.7 Å². The van der Waals surface area contributed by atoms with Crippen LogP contribution in [0.4, 0.5) is 18.0 Å². The maximum Gasteiger partial charge on any atom is 0.416 e. The van der Waals surface area contributed by atoms with E-state index in [-0.39, 0.29) is 5.56 Å². The Kier molecular flexibility index (Phi) is 6.80. The molecule has 0 saturated heterocycles. The molecule has 1 aliphatic heterocycles. The van der Waals surface area contributed by atoms with Crippen LogP contribution in [0.2, 0.25) is 0 Å². The zero-order valence-electron chi connectivity index (χ0n) is 14.8. The monoisotopic (exact) mass is 415 g/mol. The average molecular weight is 415 g/mol. The lowest BCUT2D eigenvalue weighted by molar-refractivity contribution is -0.159. The van der Waals surface area contributed by atoms with Crippen LogP contribution < -0.4 is 0 Å². The highest BCUT2D eigenvalue weighted by Gasteiger charge is 2.33. The van der Waals surface area contributed by atoms with E-state index in [2.05, 4.69) is 9.97 Å². The van der Waals surface area contributed by atoms with E-state index in [4.69, 9.17) is 24.5 Å². The SMILES string of the molecule is O=C(O)C(=O)O.O=C(OCc1ccccc1C(F)(F)F)N1CCc2[nH]cnc2C1. The van der Waals surface area contributed by atoms with E-state index in [1.165, 1.54) is 23.1 Å². The first kappa shape index (κ1) is 21.7. The van der Waals surface area contributed by atoms with Gasteiger partial charge in [-0.3, -0.25) is 0 Å². The number of carbonyl (C=O) groups excluding carboxylic acids is 1. The molecule has 0 bridgehead atoms. The van der Waals surface area contributed by atoms with Gasteiger partial charge in [0, 0.05) is 24.2 Å². The number of imidazole rings is 1. The molecule has 1 aliphatic rings. The molecule has 2 heterocycles. The number of alkyl halides is 3. The van der Waals surface area contributed by atoms with Gasteiger partial charge in [-0.1, -0.05) is 18.2 Å². The van der Waals surface area contributed by atoms with Crippen molar-refractivity contribution in [3.05, 3.63) is 53.1 Å². The largest absolute Gasteiger partial charge is 0.473 e. The second-order valence-electron chi connectivity index (χ2n) is 5.82. The highest BCUT2D eigenvalue weighted by Crippen LogP contribution is 2.32. The molecule has 0 spiro atoms. The maximum absolute atomic E-state index is 12.9. The first-order valence-corrected chi connectivity index (χ1v) is 8.13. The van der Waals surface area contributed by atoms with Crippen LogP contribution in [0.3, 0.4) is 0 Å². The number of fused-ring (bicyclic) bond motifs is 1. The molecular formula is C17H16F3N3O6. The molecule has 9 nitrogen and oxygen atoms in total. The van der Waals surface area contributed by atoms with Crippen LogP contribution in [-0.2, 0) is 40.1 Å². The molecule has 1 aromatic heterocycles. The number of nitrogens with zero attached hydrogens (tertiary/aromatic N) is 2. The zero-order valence-corrected chi connectivity index (χ0v) is 14.8. The van der Waals surface area contributed by atoms with Crippen LogP contribution in [0.25, 0.3) is 0 Å². The Morgan fingerprint density at radius 3 is 2.45 bits per heavy atom. The molecule has 3 rings (SSSR count). The topological polar surface area (TPSA) is 133 Å². The van der Waals surface area contributed by atoms with Crippen LogP contribution >= 0.6 is 0 Å². The number of H-pyrrole nitrogens is 1. The quantitative estimate of drug-likeness (QED) is 0.641. The number of aromatic amines is 1. The third kappa shape index (κ3) is 5.96. The summed E-state index contributed by atoms with van der Waals surface area (Å²) >= 11 is 0. The van der Waals surface area contributed by atoms with Crippen LogP contribution in [0.15, 0.2) is 30.6 Å². The second kappa shape index (κ2) is 9.08. The summed E-state index contributed by atoms with van der Waals surface area (Å²) in [5, 5.41) is 14.8. The fourth-order valence-electron chi connectivity index (χ4n) is 2.52. The summed E-state index contributed by atoms with van der Waals surface area (Å²) in [7, 11) is 0. The average Bonchev–Trinajstić information content (AvgIpc) is 3.13. The van der Waals surface area contributed by atoms with Crippen molar-refractivity contribution >= 4 is 18.0 Å². The minimum absolute atomic E-state index is 0.0641. The van der Waals surface area contributed by atoms with Gasteiger partial charge in [-0.25, -0.2) is 19.4 Å². The zero-order chi connectivity index (χ0) is 21.6. The summed E-state index contributed by atoms with van der Waals surface area (Å²) in [6, 6.07) is 5.06. The lowest BCUT2D eigenvalue weighted by atomic mass is 10.1. The number of carboxylic acid groups (broad SMARTS) is 2. The number of hydrogen-bond acceptors (Lipinski definition) is 5. The van der Waals surface area contributed by atoms with Gasteiger partial charge in [-0.05, 0) is 6.07 Å². The van der Waals surface area contributed by atoms with E-state index in [0.717, 1.165) is 17.5 Å². The van der Waals surface area contributed by atoms with Gasteiger partial charge in [0.15, 0.2) is 0 Å². The lowest BCUT2D eigenvalue weighted by Crippen LogP contribution is -2.36. The summed E-state index contributed by atoms with van der Waals surface area (Å²) < 4.78 is 43.7. The highest BCUT2D eigenvalue weighted by atomic mass is 19.4. The minimum Gasteiger partial charge on any atom is -0.473 e. The van der Waals surface area contributed by atoms with Gasteiger partial charge in [0.25, 0.3) is 0 Å². The number of carbonyl (C=O) groups is 3. The third-order valence-corrected chi connectivity index (χ3v) is 3.89. The predicted octanol–water partition coefficient (Wildman–Crippen LogP) is 2.28. The van der Waals surface area contributed by atoms with E-state index in [9.17, 15) is 18.0 Å². The normalized spacial score (nSPS) is 13.0. The molecule has 0 fully saturated rings. The summed E-state index contributed by atoms with van der Waals surface area (Å²) in [6.07, 6.45) is -2.95. The Morgan fingerprint density at radius 2 is 1.83 bits per heavy atom. The molecule has 0 aliphatic carbocycles. The Balaban J connectivity index is 0.000000438. The van der Waals surface area contributed by atoms with Crippen LogP contribution in [-0.4, -0.2) is 49.7 Å². The van der Waals surface area contributed by atoms with Gasteiger partial charge >= 0.3 is 24.2 Å². The number of amides is 1. The molecule has 29 heavy (non-hydrogen) atoms. The minimum atomic E-state index is -4.47. The third-order valence-electron chi connectivity index (χ3n) is 3.89. The number of halogens is 3. The maximum atomic E-state index is 12.9. The Bertz CT molecular complexity index is 885. The van der Waals surface area contributed by atoms with Crippen LogP contribution in [0, 0.1) is 0 Å². The lowest BCUT2D eigenvalue weighted by Gasteiger charge is -2.25. The summed E-state index contributed by atoms with van der Waals surface area (Å²) in [6.45, 7) is 0.311. The van der Waals surface area contributed by atoms with E-state index < -0.39 is 36.4 Å². The molecule has 2 aromatic rings. The molecule has 1 amide bonds. The first-order chi connectivity index (χ1) is 13.6. The number of aromatic nitrogens is 2. The molecule has 0 unspecified atom stereocenters. The molecule has 3 N–H and O–H groups in total. The van der Waals surface area contributed by atoms with Crippen molar-refractivity contribution in [2.75, 3.05) is 6.54 Å².